The standard InChI is InChI=1S/C16H27N5O.ClH/c1-13-3-7-20(8-4-13)15(22)12-21-10-5-17-11-14(21)16-18-6-9-19(16)2;/h6,9,13-14,17H,3-5,7-8,10-12H2,1-2H3;1H. The monoisotopic (exact) mass is 341 g/mol. The number of nitrogens with zero attached hydrogens (tertiary/aromatic N) is 4. The zero-order valence-electron chi connectivity index (χ0n) is 14.1. The van der Waals surface area contributed by atoms with Gasteiger partial charge in [-0.2, -0.15) is 0 Å². The Balaban J connectivity index is 0.00000192. The Morgan fingerprint density at radius 3 is 2.74 bits per heavy atom. The van der Waals surface area contributed by atoms with Gasteiger partial charge in [-0.1, -0.05) is 6.92 Å². The molecular weight excluding hydrogens is 314 g/mol. The maximum absolute atomic E-state index is 12.6. The van der Waals surface area contributed by atoms with E-state index in [2.05, 4.69) is 26.7 Å². The molecule has 3 rings (SSSR count). The first-order valence-corrected chi connectivity index (χ1v) is 8.35. The Labute approximate surface area is 144 Å². The van der Waals surface area contributed by atoms with Gasteiger partial charge in [-0.25, -0.2) is 4.98 Å². The second-order valence-electron chi connectivity index (χ2n) is 6.65. The molecule has 1 amide bonds. The van der Waals surface area contributed by atoms with Crippen molar-refractivity contribution in [3.63, 3.8) is 0 Å². The van der Waals surface area contributed by atoms with Crippen LogP contribution < -0.4 is 5.32 Å². The molecule has 1 N–H and O–H groups in total. The second-order valence-corrected chi connectivity index (χ2v) is 6.65. The van der Waals surface area contributed by atoms with Gasteiger partial charge in [-0.15, -0.1) is 12.4 Å². The van der Waals surface area contributed by atoms with Gasteiger partial charge in [-0.05, 0) is 18.8 Å². The van der Waals surface area contributed by atoms with Crippen LogP contribution in [0.2, 0.25) is 0 Å². The van der Waals surface area contributed by atoms with E-state index in [1.165, 1.54) is 0 Å². The van der Waals surface area contributed by atoms with Crippen molar-refractivity contribution >= 4 is 18.3 Å². The number of amides is 1. The Morgan fingerprint density at radius 2 is 2.09 bits per heavy atom. The van der Waals surface area contributed by atoms with Gasteiger partial charge in [0, 0.05) is 52.2 Å². The second kappa shape index (κ2) is 8.13. The fourth-order valence-corrected chi connectivity index (χ4v) is 3.42. The van der Waals surface area contributed by atoms with Crippen molar-refractivity contribution in [2.45, 2.75) is 25.8 Å². The largest absolute Gasteiger partial charge is 0.342 e. The van der Waals surface area contributed by atoms with E-state index >= 15 is 0 Å². The first kappa shape index (κ1) is 18.2. The minimum Gasteiger partial charge on any atom is -0.342 e. The van der Waals surface area contributed by atoms with Crippen LogP contribution in [0.5, 0.6) is 0 Å². The molecule has 2 saturated heterocycles. The lowest BCUT2D eigenvalue weighted by Gasteiger charge is -2.37. The number of hydrogen-bond donors (Lipinski definition) is 1. The van der Waals surface area contributed by atoms with Crippen molar-refractivity contribution in [2.24, 2.45) is 13.0 Å². The van der Waals surface area contributed by atoms with Gasteiger partial charge in [0.1, 0.15) is 5.82 Å². The molecule has 0 spiro atoms. The van der Waals surface area contributed by atoms with Gasteiger partial charge in [0.05, 0.1) is 12.6 Å². The molecule has 3 heterocycles. The summed E-state index contributed by atoms with van der Waals surface area (Å²) in [5.41, 5.74) is 0. The van der Waals surface area contributed by atoms with Crippen molar-refractivity contribution in [3.05, 3.63) is 18.2 Å². The molecule has 6 nitrogen and oxygen atoms in total. The van der Waals surface area contributed by atoms with Crippen LogP contribution in [0.15, 0.2) is 12.4 Å². The van der Waals surface area contributed by atoms with Crippen molar-refractivity contribution in [2.75, 3.05) is 39.3 Å². The number of carbonyl (C=O) groups excluding carboxylic acids is 1. The van der Waals surface area contributed by atoms with Gasteiger partial charge < -0.3 is 14.8 Å². The Hall–Kier alpha value is -1.11. The van der Waals surface area contributed by atoms with Crippen LogP contribution in [0, 0.1) is 5.92 Å². The summed E-state index contributed by atoms with van der Waals surface area (Å²) in [5, 5.41) is 3.42. The molecule has 2 fully saturated rings. The van der Waals surface area contributed by atoms with Crippen LogP contribution in [0.1, 0.15) is 31.6 Å². The maximum atomic E-state index is 12.6. The van der Waals surface area contributed by atoms with Crippen molar-refractivity contribution in [1.82, 2.24) is 24.7 Å². The normalized spacial score (nSPS) is 23.6. The molecule has 1 unspecified atom stereocenters. The van der Waals surface area contributed by atoms with E-state index in [9.17, 15) is 4.79 Å². The molecular formula is C16H28ClN5O. The van der Waals surface area contributed by atoms with E-state index < -0.39 is 0 Å². The van der Waals surface area contributed by atoms with Gasteiger partial charge in [-0.3, -0.25) is 9.69 Å². The molecule has 0 aromatic carbocycles. The van der Waals surface area contributed by atoms with Crippen LogP contribution in [0.25, 0.3) is 0 Å². The lowest BCUT2D eigenvalue weighted by atomic mass is 9.99. The van der Waals surface area contributed by atoms with Gasteiger partial charge in [0.2, 0.25) is 5.91 Å². The zero-order valence-corrected chi connectivity index (χ0v) is 14.9. The minimum absolute atomic E-state index is 0. The number of piperidine rings is 1. The van der Waals surface area contributed by atoms with Crippen LogP contribution in [0.4, 0.5) is 0 Å². The van der Waals surface area contributed by atoms with E-state index in [0.29, 0.717) is 6.54 Å². The van der Waals surface area contributed by atoms with Gasteiger partial charge >= 0.3 is 0 Å². The maximum Gasteiger partial charge on any atom is 0.236 e. The number of aromatic nitrogens is 2. The number of aryl methyl sites for hydroxylation is 1. The van der Waals surface area contributed by atoms with Gasteiger partial charge in [0.15, 0.2) is 0 Å². The lowest BCUT2D eigenvalue weighted by Crippen LogP contribution is -2.51. The fourth-order valence-electron chi connectivity index (χ4n) is 3.42. The average Bonchev–Trinajstić information content (AvgIpc) is 2.94. The topological polar surface area (TPSA) is 53.4 Å². The highest BCUT2D eigenvalue weighted by molar-refractivity contribution is 5.85. The molecule has 0 bridgehead atoms. The zero-order chi connectivity index (χ0) is 15.5. The van der Waals surface area contributed by atoms with Gasteiger partial charge in [0.25, 0.3) is 0 Å². The summed E-state index contributed by atoms with van der Waals surface area (Å²) < 4.78 is 2.05. The smallest absolute Gasteiger partial charge is 0.236 e. The number of halogens is 1. The summed E-state index contributed by atoms with van der Waals surface area (Å²) >= 11 is 0. The van der Waals surface area contributed by atoms with E-state index in [0.717, 1.165) is 57.3 Å². The third-order valence-electron chi connectivity index (χ3n) is 4.99. The molecule has 1 aromatic heterocycles. The molecule has 2 aliphatic rings. The number of likely N-dealkylation sites (tertiary alicyclic amines) is 1. The van der Waals surface area contributed by atoms with Crippen LogP contribution in [-0.2, 0) is 11.8 Å². The van der Waals surface area contributed by atoms with E-state index in [1.54, 1.807) is 0 Å². The highest BCUT2D eigenvalue weighted by Crippen LogP contribution is 2.21. The molecule has 1 aromatic rings. The third-order valence-corrected chi connectivity index (χ3v) is 4.99. The summed E-state index contributed by atoms with van der Waals surface area (Å²) in [4.78, 5) is 21.4. The van der Waals surface area contributed by atoms with Crippen LogP contribution in [0.3, 0.4) is 0 Å². The first-order valence-electron chi connectivity index (χ1n) is 8.35. The van der Waals surface area contributed by atoms with Crippen molar-refractivity contribution < 1.29 is 4.79 Å². The number of rotatable bonds is 3. The Morgan fingerprint density at radius 1 is 1.35 bits per heavy atom. The number of carbonyl (C=O) groups is 1. The highest BCUT2D eigenvalue weighted by atomic mass is 35.5. The summed E-state index contributed by atoms with van der Waals surface area (Å²) in [6.45, 7) is 7.30. The average molecular weight is 342 g/mol. The van der Waals surface area contributed by atoms with E-state index in [-0.39, 0.29) is 24.4 Å². The number of hydrogen-bond acceptors (Lipinski definition) is 4. The summed E-state index contributed by atoms with van der Waals surface area (Å²) in [6, 6.07) is 0.182. The number of piperazine rings is 1. The van der Waals surface area contributed by atoms with E-state index in [4.69, 9.17) is 0 Å². The predicted octanol–water partition coefficient (Wildman–Crippen LogP) is 1.05. The number of nitrogens with one attached hydrogen (secondary N) is 1. The van der Waals surface area contributed by atoms with Crippen LogP contribution in [-0.4, -0.2) is 64.5 Å². The Kier molecular flexibility index (Phi) is 6.44. The predicted molar refractivity (Wildman–Crippen MR) is 92.6 cm³/mol. The Bertz CT molecular complexity index is 512. The van der Waals surface area contributed by atoms with E-state index in [1.807, 2.05) is 24.3 Å². The minimum atomic E-state index is 0. The molecule has 0 radical (unpaired) electrons. The quantitative estimate of drug-likeness (QED) is 0.892. The highest BCUT2D eigenvalue weighted by Gasteiger charge is 2.30. The lowest BCUT2D eigenvalue weighted by molar-refractivity contribution is -0.134. The molecule has 130 valence electrons. The van der Waals surface area contributed by atoms with Crippen molar-refractivity contribution in [3.8, 4) is 0 Å². The summed E-state index contributed by atoms with van der Waals surface area (Å²) in [5.74, 6) is 2.06. The molecule has 0 saturated carbocycles. The number of imidazole rings is 1. The SMILES string of the molecule is CC1CCN(C(=O)CN2CCNCC2c2nccn2C)CC1.Cl. The molecule has 1 atom stereocenters. The van der Waals surface area contributed by atoms with Crippen LogP contribution >= 0.6 is 12.4 Å². The molecule has 7 heteroatoms. The molecule has 23 heavy (non-hydrogen) atoms. The fraction of sp³-hybridized carbons (Fsp3) is 0.750. The van der Waals surface area contributed by atoms with Crippen molar-refractivity contribution in [1.29, 1.82) is 0 Å². The third kappa shape index (κ3) is 4.25. The summed E-state index contributed by atoms with van der Waals surface area (Å²) in [6.07, 6.45) is 6.07. The first-order chi connectivity index (χ1) is 10.6. The molecule has 2 aliphatic heterocycles. The molecule has 0 aliphatic carbocycles. The summed E-state index contributed by atoms with van der Waals surface area (Å²) in [7, 11) is 2.02.